The third kappa shape index (κ3) is 4.26. The highest BCUT2D eigenvalue weighted by molar-refractivity contribution is 6.22. The summed E-state index contributed by atoms with van der Waals surface area (Å²) in [7, 11) is 0. The molecule has 50 heavy (non-hydrogen) atoms. The van der Waals surface area contributed by atoms with Crippen LogP contribution in [0.3, 0.4) is 0 Å². The minimum Gasteiger partial charge on any atom is -0.166 e. The van der Waals surface area contributed by atoms with Crippen molar-refractivity contribution in [2.75, 3.05) is 0 Å². The lowest BCUT2D eigenvalue weighted by Gasteiger charge is -2.19. The molecule has 1 aliphatic rings. The fraction of sp³-hybridized carbons (Fsp3) is 0.0213. The lowest BCUT2D eigenvalue weighted by atomic mass is 9.84. The Hall–Kier alpha value is -6.19. The van der Waals surface area contributed by atoms with Gasteiger partial charge in [-0.05, 0) is 117 Å². The van der Waals surface area contributed by atoms with E-state index in [1.807, 2.05) is 54.6 Å². The fourth-order valence-corrected chi connectivity index (χ4v) is 8.20. The van der Waals surface area contributed by atoms with E-state index in [2.05, 4.69) is 91.0 Å². The van der Waals surface area contributed by atoms with Crippen molar-refractivity contribution in [3.05, 3.63) is 169 Å². The zero-order valence-electron chi connectivity index (χ0n) is 26.7. The molecule has 0 unspecified atom stereocenters. The van der Waals surface area contributed by atoms with Crippen LogP contribution in [-0.4, -0.2) is 0 Å². The minimum atomic E-state index is -4.47. The van der Waals surface area contributed by atoms with Crippen LogP contribution in [0.2, 0.25) is 0 Å². The first-order valence-corrected chi connectivity index (χ1v) is 16.8. The average molecular weight is 649 g/mol. The Morgan fingerprint density at radius 3 is 1.60 bits per heavy atom. The highest BCUT2D eigenvalue weighted by atomic mass is 19.4. The van der Waals surface area contributed by atoms with E-state index in [-0.39, 0.29) is 0 Å². The molecule has 236 valence electrons. The summed E-state index contributed by atoms with van der Waals surface area (Å²) in [6.45, 7) is 0. The van der Waals surface area contributed by atoms with Gasteiger partial charge in [0.2, 0.25) is 0 Å². The standard InChI is InChI=1S/C47H27F3/c48-47(49,50)33-22-23-42-43(27-33)45(32-21-16-28-8-1-2-9-31(28)26-32)40-13-6-5-12-39(40)44(42)30-19-17-29(18-20-30)34-24-25-41-36-11-4-3-10-35(36)38-15-7-14-37(34)46(38)41/h1-27H. The van der Waals surface area contributed by atoms with Gasteiger partial charge < -0.3 is 0 Å². The number of rotatable bonds is 3. The van der Waals surface area contributed by atoms with Crippen molar-refractivity contribution < 1.29 is 13.2 Å². The lowest BCUT2D eigenvalue weighted by molar-refractivity contribution is -0.137. The normalized spacial score (nSPS) is 12.3. The first-order chi connectivity index (χ1) is 24.4. The second-order valence-electron chi connectivity index (χ2n) is 13.1. The second kappa shape index (κ2) is 10.7. The molecule has 0 saturated carbocycles. The third-order valence-corrected chi connectivity index (χ3v) is 10.4. The summed E-state index contributed by atoms with van der Waals surface area (Å²) in [5.74, 6) is 0. The number of hydrogen-bond donors (Lipinski definition) is 0. The van der Waals surface area contributed by atoms with Gasteiger partial charge in [0.05, 0.1) is 5.56 Å². The molecule has 0 bridgehead atoms. The van der Waals surface area contributed by atoms with Gasteiger partial charge in [-0.1, -0.05) is 146 Å². The summed E-state index contributed by atoms with van der Waals surface area (Å²) < 4.78 is 42.7. The summed E-state index contributed by atoms with van der Waals surface area (Å²) in [4.78, 5) is 0. The van der Waals surface area contributed by atoms with Crippen molar-refractivity contribution in [1.29, 1.82) is 0 Å². The quantitative estimate of drug-likeness (QED) is 0.167. The average Bonchev–Trinajstić information content (AvgIpc) is 3.48. The van der Waals surface area contributed by atoms with E-state index < -0.39 is 11.7 Å². The molecular formula is C47H27F3. The lowest BCUT2D eigenvalue weighted by Crippen LogP contribution is -2.04. The summed E-state index contributed by atoms with van der Waals surface area (Å²) in [5, 5.41) is 7.90. The zero-order valence-corrected chi connectivity index (χ0v) is 26.7. The molecule has 0 heterocycles. The SMILES string of the molecule is FC(F)(F)c1ccc2c(-c3ccc(-c4ccc5c6c(cccc46)-c4ccccc4-5)cc3)c3ccccc3c(-c3ccc4ccccc4c3)c2c1. The van der Waals surface area contributed by atoms with Crippen molar-refractivity contribution in [3.8, 4) is 55.6 Å². The Kier molecular flexibility index (Phi) is 6.13. The largest absolute Gasteiger partial charge is 0.416 e. The van der Waals surface area contributed by atoms with E-state index in [9.17, 15) is 13.2 Å². The molecule has 9 aromatic carbocycles. The molecule has 0 atom stereocenters. The van der Waals surface area contributed by atoms with Gasteiger partial charge in [-0.15, -0.1) is 0 Å². The predicted octanol–water partition coefficient (Wildman–Crippen LogP) is 14.0. The molecule has 0 spiro atoms. The Labute approximate surface area is 286 Å². The van der Waals surface area contributed by atoms with E-state index >= 15 is 0 Å². The van der Waals surface area contributed by atoms with Crippen LogP contribution in [0.1, 0.15) is 5.56 Å². The van der Waals surface area contributed by atoms with E-state index in [4.69, 9.17) is 0 Å². The van der Waals surface area contributed by atoms with Gasteiger partial charge >= 0.3 is 6.18 Å². The van der Waals surface area contributed by atoms with Crippen LogP contribution in [0.4, 0.5) is 13.2 Å². The van der Waals surface area contributed by atoms with Crippen molar-refractivity contribution >= 4 is 43.1 Å². The predicted molar refractivity (Wildman–Crippen MR) is 202 cm³/mol. The molecule has 0 fully saturated rings. The van der Waals surface area contributed by atoms with Gasteiger partial charge in [0.15, 0.2) is 0 Å². The van der Waals surface area contributed by atoms with Crippen molar-refractivity contribution in [1.82, 2.24) is 0 Å². The Morgan fingerprint density at radius 2 is 0.860 bits per heavy atom. The van der Waals surface area contributed by atoms with Gasteiger partial charge in [-0.2, -0.15) is 13.2 Å². The number of fused-ring (bicyclic) bond motifs is 6. The Balaban J connectivity index is 1.19. The summed E-state index contributed by atoms with van der Waals surface area (Å²) in [6.07, 6.45) is -4.47. The molecule has 3 heteroatoms. The molecular weight excluding hydrogens is 622 g/mol. The van der Waals surface area contributed by atoms with Crippen LogP contribution >= 0.6 is 0 Å². The zero-order chi connectivity index (χ0) is 33.6. The summed E-state index contributed by atoms with van der Waals surface area (Å²) in [5.41, 5.74) is 10.2. The topological polar surface area (TPSA) is 0 Å². The van der Waals surface area contributed by atoms with E-state index in [0.717, 1.165) is 60.3 Å². The minimum absolute atomic E-state index is 0.583. The van der Waals surface area contributed by atoms with Crippen LogP contribution in [-0.2, 0) is 6.18 Å². The van der Waals surface area contributed by atoms with E-state index in [1.54, 1.807) is 6.07 Å². The third-order valence-electron chi connectivity index (χ3n) is 10.4. The van der Waals surface area contributed by atoms with Crippen LogP contribution in [0.25, 0.3) is 98.7 Å². The number of halogens is 3. The van der Waals surface area contributed by atoms with Crippen molar-refractivity contribution in [3.63, 3.8) is 0 Å². The number of benzene rings is 9. The van der Waals surface area contributed by atoms with Crippen molar-refractivity contribution in [2.24, 2.45) is 0 Å². The second-order valence-corrected chi connectivity index (χ2v) is 13.1. The molecule has 10 rings (SSSR count). The fourth-order valence-electron chi connectivity index (χ4n) is 8.20. The maximum atomic E-state index is 14.2. The van der Waals surface area contributed by atoms with Gasteiger partial charge in [0.1, 0.15) is 0 Å². The molecule has 0 N–H and O–H groups in total. The summed E-state index contributed by atoms with van der Waals surface area (Å²) >= 11 is 0. The molecule has 1 aliphatic carbocycles. The van der Waals surface area contributed by atoms with Crippen molar-refractivity contribution in [2.45, 2.75) is 6.18 Å². The van der Waals surface area contributed by atoms with E-state index in [1.165, 1.54) is 45.2 Å². The maximum Gasteiger partial charge on any atom is 0.416 e. The van der Waals surface area contributed by atoms with Gasteiger partial charge in [-0.25, -0.2) is 0 Å². The highest BCUT2D eigenvalue weighted by Gasteiger charge is 2.31. The Morgan fingerprint density at radius 1 is 0.320 bits per heavy atom. The van der Waals surface area contributed by atoms with Gasteiger partial charge in [0.25, 0.3) is 0 Å². The molecule has 0 nitrogen and oxygen atoms in total. The highest BCUT2D eigenvalue weighted by Crippen LogP contribution is 2.50. The Bertz CT molecular complexity index is 2810. The molecule has 0 saturated heterocycles. The summed E-state index contributed by atoms with van der Waals surface area (Å²) in [6, 6.07) is 54.5. The van der Waals surface area contributed by atoms with Gasteiger partial charge in [-0.3, -0.25) is 0 Å². The number of alkyl halides is 3. The molecule has 9 aromatic rings. The molecule has 0 amide bonds. The van der Waals surface area contributed by atoms with Crippen LogP contribution in [0.15, 0.2) is 164 Å². The molecule has 0 aliphatic heterocycles. The first kappa shape index (κ1) is 28.8. The maximum absolute atomic E-state index is 14.2. The van der Waals surface area contributed by atoms with Crippen LogP contribution in [0.5, 0.6) is 0 Å². The smallest absolute Gasteiger partial charge is 0.166 e. The first-order valence-electron chi connectivity index (χ1n) is 16.8. The van der Waals surface area contributed by atoms with Crippen LogP contribution < -0.4 is 0 Å². The molecule has 0 aromatic heterocycles. The number of hydrogen-bond acceptors (Lipinski definition) is 0. The van der Waals surface area contributed by atoms with E-state index in [0.29, 0.717) is 5.39 Å². The molecule has 0 radical (unpaired) electrons. The van der Waals surface area contributed by atoms with Gasteiger partial charge in [0, 0.05) is 0 Å². The monoisotopic (exact) mass is 648 g/mol. The van der Waals surface area contributed by atoms with Crippen LogP contribution in [0, 0.1) is 0 Å².